The highest BCUT2D eigenvalue weighted by Crippen LogP contribution is 2.48. The third kappa shape index (κ3) is 4.95. The lowest BCUT2D eigenvalue weighted by molar-refractivity contribution is -0.126. The molecule has 162 valence electrons. The van der Waals surface area contributed by atoms with Gasteiger partial charge in [-0.05, 0) is 54.5 Å². The second-order valence-electron chi connectivity index (χ2n) is 9.55. The first-order chi connectivity index (χ1) is 14.7. The number of hydrogen-bond donors (Lipinski definition) is 3. The highest BCUT2D eigenvalue weighted by molar-refractivity contribution is 5.97. The van der Waals surface area contributed by atoms with Gasteiger partial charge in [-0.2, -0.15) is 0 Å². The van der Waals surface area contributed by atoms with Gasteiger partial charge < -0.3 is 15.6 Å². The monoisotopic (exact) mass is 418 g/mol. The van der Waals surface area contributed by atoms with Gasteiger partial charge >= 0.3 is 0 Å². The molecule has 2 aromatic carbocycles. The molecule has 0 radical (unpaired) electrons. The Kier molecular flexibility index (Phi) is 5.56. The molecule has 0 spiro atoms. The van der Waals surface area contributed by atoms with E-state index in [1.165, 1.54) is 5.56 Å². The van der Waals surface area contributed by atoms with Crippen LogP contribution in [-0.2, 0) is 15.0 Å². The second-order valence-corrected chi connectivity index (χ2v) is 9.55. The molecule has 0 bridgehead atoms. The minimum atomic E-state index is -0.599. The average Bonchev–Trinajstić information content (AvgIpc) is 3.33. The third-order valence-corrected chi connectivity index (χ3v) is 5.92. The predicted molar refractivity (Wildman–Crippen MR) is 123 cm³/mol. The third-order valence-electron chi connectivity index (χ3n) is 5.92. The SMILES string of the molecule is CC(NC(=O)C[C@@H]1C[C@H]1c1nc2ccccc2[nH]1)C(=O)Nc1ccc(C(C)(C)C)cc1. The van der Waals surface area contributed by atoms with E-state index in [0.717, 1.165) is 29.0 Å². The number of benzene rings is 2. The van der Waals surface area contributed by atoms with E-state index in [1.807, 2.05) is 48.5 Å². The Morgan fingerprint density at radius 3 is 2.52 bits per heavy atom. The standard InChI is InChI=1S/C25H30N4O2/c1-15(24(31)27-18-11-9-17(10-12-18)25(2,3)4)26-22(30)14-16-13-19(16)23-28-20-7-5-6-8-21(20)29-23/h5-12,15-16,19H,13-14H2,1-4H3,(H,26,30)(H,27,31)(H,28,29)/t15?,16-,19+/m0/s1. The number of H-pyrrole nitrogens is 1. The molecule has 1 fully saturated rings. The molecule has 2 amide bonds. The average molecular weight is 419 g/mol. The summed E-state index contributed by atoms with van der Waals surface area (Å²) in [5, 5.41) is 5.70. The summed E-state index contributed by atoms with van der Waals surface area (Å²) in [6, 6.07) is 15.2. The number of anilines is 1. The highest BCUT2D eigenvalue weighted by atomic mass is 16.2. The van der Waals surface area contributed by atoms with Crippen LogP contribution in [0.1, 0.15) is 57.8 Å². The highest BCUT2D eigenvalue weighted by Gasteiger charge is 2.42. The Labute approximate surface area is 182 Å². The normalized spacial score (nSPS) is 19.1. The largest absolute Gasteiger partial charge is 0.345 e. The van der Waals surface area contributed by atoms with Crippen molar-refractivity contribution >= 4 is 28.5 Å². The summed E-state index contributed by atoms with van der Waals surface area (Å²) in [7, 11) is 0. The van der Waals surface area contributed by atoms with Crippen LogP contribution >= 0.6 is 0 Å². The zero-order valence-corrected chi connectivity index (χ0v) is 18.5. The molecule has 1 saturated carbocycles. The van der Waals surface area contributed by atoms with Gasteiger partial charge in [0.05, 0.1) is 11.0 Å². The van der Waals surface area contributed by atoms with Gasteiger partial charge in [-0.1, -0.05) is 45.0 Å². The molecule has 1 aliphatic rings. The van der Waals surface area contributed by atoms with Gasteiger partial charge in [0.15, 0.2) is 0 Å². The first-order valence-corrected chi connectivity index (χ1v) is 10.9. The summed E-state index contributed by atoms with van der Waals surface area (Å²) in [4.78, 5) is 32.9. The lowest BCUT2D eigenvalue weighted by Crippen LogP contribution is -2.41. The number of imidazole rings is 1. The van der Waals surface area contributed by atoms with Crippen LogP contribution in [0.5, 0.6) is 0 Å². The van der Waals surface area contributed by atoms with Gasteiger partial charge in [0.25, 0.3) is 0 Å². The van der Waals surface area contributed by atoms with Crippen LogP contribution in [0.4, 0.5) is 5.69 Å². The minimum absolute atomic E-state index is 0.0623. The zero-order valence-electron chi connectivity index (χ0n) is 18.5. The molecule has 3 aromatic rings. The van der Waals surface area contributed by atoms with E-state index in [4.69, 9.17) is 0 Å². The number of carbonyl (C=O) groups is 2. The number of aromatic amines is 1. The van der Waals surface area contributed by atoms with Crippen molar-refractivity contribution in [3.05, 3.63) is 59.9 Å². The van der Waals surface area contributed by atoms with Crippen LogP contribution in [0.15, 0.2) is 48.5 Å². The van der Waals surface area contributed by atoms with E-state index in [0.29, 0.717) is 6.42 Å². The number of rotatable bonds is 6. The van der Waals surface area contributed by atoms with E-state index in [-0.39, 0.29) is 29.1 Å². The number of carbonyl (C=O) groups excluding carboxylic acids is 2. The van der Waals surface area contributed by atoms with E-state index in [2.05, 4.69) is 41.4 Å². The summed E-state index contributed by atoms with van der Waals surface area (Å²) in [5.41, 5.74) is 3.97. The van der Waals surface area contributed by atoms with Crippen LogP contribution in [-0.4, -0.2) is 27.8 Å². The number of para-hydroxylation sites is 2. The maximum atomic E-state index is 12.5. The summed E-state index contributed by atoms with van der Waals surface area (Å²) >= 11 is 0. The zero-order chi connectivity index (χ0) is 22.2. The van der Waals surface area contributed by atoms with Gasteiger partial charge in [0.2, 0.25) is 11.8 Å². The molecule has 1 unspecified atom stereocenters. The molecule has 1 aromatic heterocycles. The number of aromatic nitrogens is 2. The Morgan fingerprint density at radius 1 is 1.13 bits per heavy atom. The predicted octanol–water partition coefficient (Wildman–Crippen LogP) is 4.50. The molecule has 0 saturated heterocycles. The number of amides is 2. The molecule has 31 heavy (non-hydrogen) atoms. The van der Waals surface area contributed by atoms with Gasteiger partial charge in [-0.3, -0.25) is 9.59 Å². The number of nitrogens with one attached hydrogen (secondary N) is 3. The van der Waals surface area contributed by atoms with Crippen molar-refractivity contribution in [2.24, 2.45) is 5.92 Å². The quantitative estimate of drug-likeness (QED) is 0.551. The molecule has 3 atom stereocenters. The Hall–Kier alpha value is -3.15. The van der Waals surface area contributed by atoms with E-state index in [9.17, 15) is 9.59 Å². The van der Waals surface area contributed by atoms with Crippen LogP contribution in [0.3, 0.4) is 0 Å². The maximum absolute atomic E-state index is 12.5. The molecular weight excluding hydrogens is 388 g/mol. The molecule has 1 heterocycles. The van der Waals surface area contributed by atoms with E-state index >= 15 is 0 Å². The van der Waals surface area contributed by atoms with Crippen molar-refractivity contribution in [1.82, 2.24) is 15.3 Å². The maximum Gasteiger partial charge on any atom is 0.246 e. The molecule has 4 rings (SSSR count). The van der Waals surface area contributed by atoms with Gasteiger partial charge in [-0.15, -0.1) is 0 Å². The Bertz CT molecular complexity index is 1060. The molecule has 6 nitrogen and oxygen atoms in total. The molecular formula is C25H30N4O2. The van der Waals surface area contributed by atoms with E-state index in [1.54, 1.807) is 6.92 Å². The van der Waals surface area contributed by atoms with Crippen molar-refractivity contribution in [1.29, 1.82) is 0 Å². The van der Waals surface area contributed by atoms with Crippen molar-refractivity contribution in [2.75, 3.05) is 5.32 Å². The number of fused-ring (bicyclic) bond motifs is 1. The fraction of sp³-hybridized carbons (Fsp3) is 0.400. The summed E-state index contributed by atoms with van der Waals surface area (Å²) in [5.74, 6) is 1.17. The molecule has 3 N–H and O–H groups in total. The second kappa shape index (κ2) is 8.17. The lowest BCUT2D eigenvalue weighted by Gasteiger charge is -2.19. The van der Waals surface area contributed by atoms with Crippen LogP contribution in [0.25, 0.3) is 11.0 Å². The van der Waals surface area contributed by atoms with Crippen molar-refractivity contribution in [2.45, 2.75) is 57.9 Å². The first kappa shape index (κ1) is 21.1. The molecule has 6 heteroatoms. The first-order valence-electron chi connectivity index (χ1n) is 10.9. The lowest BCUT2D eigenvalue weighted by atomic mass is 9.87. The van der Waals surface area contributed by atoms with Gasteiger partial charge in [0, 0.05) is 18.0 Å². The van der Waals surface area contributed by atoms with Gasteiger partial charge in [-0.25, -0.2) is 4.98 Å². The Balaban J connectivity index is 1.26. The van der Waals surface area contributed by atoms with Crippen molar-refractivity contribution < 1.29 is 9.59 Å². The van der Waals surface area contributed by atoms with E-state index < -0.39 is 6.04 Å². The fourth-order valence-corrected chi connectivity index (χ4v) is 3.86. The number of nitrogens with zero attached hydrogens (tertiary/aromatic N) is 1. The van der Waals surface area contributed by atoms with Gasteiger partial charge in [0.1, 0.15) is 11.9 Å². The number of hydrogen-bond acceptors (Lipinski definition) is 3. The topological polar surface area (TPSA) is 86.9 Å². The van der Waals surface area contributed by atoms with Crippen LogP contribution < -0.4 is 10.6 Å². The molecule has 1 aliphatic carbocycles. The summed E-state index contributed by atoms with van der Waals surface area (Å²) in [6.45, 7) is 8.16. The summed E-state index contributed by atoms with van der Waals surface area (Å²) in [6.07, 6.45) is 1.34. The fourth-order valence-electron chi connectivity index (χ4n) is 3.86. The molecule has 0 aliphatic heterocycles. The minimum Gasteiger partial charge on any atom is -0.345 e. The Morgan fingerprint density at radius 2 is 1.84 bits per heavy atom. The summed E-state index contributed by atoms with van der Waals surface area (Å²) < 4.78 is 0. The van der Waals surface area contributed by atoms with Crippen LogP contribution in [0.2, 0.25) is 0 Å². The van der Waals surface area contributed by atoms with Crippen molar-refractivity contribution in [3.63, 3.8) is 0 Å². The van der Waals surface area contributed by atoms with Crippen molar-refractivity contribution in [3.8, 4) is 0 Å². The smallest absolute Gasteiger partial charge is 0.246 e. The van der Waals surface area contributed by atoms with Crippen LogP contribution in [0, 0.1) is 5.92 Å².